The van der Waals surface area contributed by atoms with E-state index >= 15 is 0 Å². The molecule has 0 aromatic heterocycles. The van der Waals surface area contributed by atoms with Gasteiger partial charge in [-0.05, 0) is 24.0 Å². The molecule has 1 unspecified atom stereocenters. The van der Waals surface area contributed by atoms with Gasteiger partial charge < -0.3 is 5.11 Å². The fourth-order valence-corrected chi connectivity index (χ4v) is 1.55. The Morgan fingerprint density at radius 2 is 1.94 bits per heavy atom. The summed E-state index contributed by atoms with van der Waals surface area (Å²) in [7, 11) is 0. The summed E-state index contributed by atoms with van der Waals surface area (Å²) in [5.41, 5.74) is 2.06. The standard InChI is InChI=1S/C15H18O/c1-3-8-13(4-2)11-12-15(16)14-9-6-5-7-10-14/h3-10,15-16H,1-2,11-12H2/b13-8+. The molecular formula is C15H18O. The highest BCUT2D eigenvalue weighted by molar-refractivity contribution is 5.22. The van der Waals surface area contributed by atoms with Gasteiger partial charge in [0.15, 0.2) is 0 Å². The van der Waals surface area contributed by atoms with Crippen LogP contribution in [-0.4, -0.2) is 5.11 Å². The van der Waals surface area contributed by atoms with Crippen LogP contribution >= 0.6 is 0 Å². The van der Waals surface area contributed by atoms with E-state index in [1.165, 1.54) is 0 Å². The molecule has 1 rings (SSSR count). The van der Waals surface area contributed by atoms with Crippen molar-refractivity contribution in [1.29, 1.82) is 0 Å². The molecule has 0 amide bonds. The molecule has 1 aromatic rings. The molecule has 0 bridgehead atoms. The van der Waals surface area contributed by atoms with E-state index in [4.69, 9.17) is 0 Å². The molecule has 0 aliphatic heterocycles. The van der Waals surface area contributed by atoms with Crippen LogP contribution in [0.5, 0.6) is 0 Å². The molecule has 0 heterocycles. The van der Waals surface area contributed by atoms with Gasteiger partial charge in [0.1, 0.15) is 0 Å². The normalized spacial score (nSPS) is 13.2. The lowest BCUT2D eigenvalue weighted by Gasteiger charge is -2.10. The van der Waals surface area contributed by atoms with Crippen molar-refractivity contribution in [3.63, 3.8) is 0 Å². The number of aliphatic hydroxyl groups is 1. The maximum Gasteiger partial charge on any atom is 0.0793 e. The summed E-state index contributed by atoms with van der Waals surface area (Å²) in [5.74, 6) is 0. The molecule has 0 saturated heterocycles. The summed E-state index contributed by atoms with van der Waals surface area (Å²) in [6.07, 6.45) is 6.58. The second-order valence-electron chi connectivity index (χ2n) is 3.65. The van der Waals surface area contributed by atoms with Crippen molar-refractivity contribution >= 4 is 0 Å². The predicted octanol–water partition coefficient (Wildman–Crippen LogP) is 3.80. The van der Waals surface area contributed by atoms with Gasteiger partial charge in [-0.2, -0.15) is 0 Å². The third-order valence-corrected chi connectivity index (χ3v) is 2.48. The number of hydrogen-bond donors (Lipinski definition) is 1. The zero-order valence-electron chi connectivity index (χ0n) is 9.47. The molecule has 0 saturated carbocycles. The Morgan fingerprint density at radius 3 is 2.50 bits per heavy atom. The van der Waals surface area contributed by atoms with Gasteiger partial charge in [-0.25, -0.2) is 0 Å². The summed E-state index contributed by atoms with van der Waals surface area (Å²) in [5, 5.41) is 9.95. The van der Waals surface area contributed by atoms with E-state index in [1.807, 2.05) is 36.4 Å². The fraction of sp³-hybridized carbons (Fsp3) is 0.200. The summed E-state index contributed by atoms with van der Waals surface area (Å²) >= 11 is 0. The van der Waals surface area contributed by atoms with Gasteiger partial charge >= 0.3 is 0 Å². The SMILES string of the molecule is C=C/C=C(\C=C)CCC(O)c1ccccc1. The Labute approximate surface area is 97.4 Å². The van der Waals surface area contributed by atoms with Gasteiger partial charge in [0.05, 0.1) is 6.10 Å². The van der Waals surface area contributed by atoms with E-state index in [2.05, 4.69) is 13.2 Å². The number of rotatable bonds is 6. The van der Waals surface area contributed by atoms with E-state index in [0.29, 0.717) is 6.42 Å². The highest BCUT2D eigenvalue weighted by atomic mass is 16.3. The van der Waals surface area contributed by atoms with Crippen LogP contribution in [0.2, 0.25) is 0 Å². The van der Waals surface area contributed by atoms with E-state index in [0.717, 1.165) is 17.6 Å². The second-order valence-corrected chi connectivity index (χ2v) is 3.65. The van der Waals surface area contributed by atoms with Crippen molar-refractivity contribution in [2.45, 2.75) is 18.9 Å². The van der Waals surface area contributed by atoms with Gasteiger partial charge in [-0.1, -0.05) is 61.7 Å². The van der Waals surface area contributed by atoms with Gasteiger partial charge in [0.25, 0.3) is 0 Å². The van der Waals surface area contributed by atoms with E-state index < -0.39 is 6.10 Å². The van der Waals surface area contributed by atoms with Crippen molar-refractivity contribution < 1.29 is 5.11 Å². The van der Waals surface area contributed by atoms with E-state index in [-0.39, 0.29) is 0 Å². The van der Waals surface area contributed by atoms with Crippen LogP contribution in [-0.2, 0) is 0 Å². The molecule has 0 radical (unpaired) electrons. The second kappa shape index (κ2) is 6.81. The van der Waals surface area contributed by atoms with Crippen LogP contribution < -0.4 is 0 Å². The monoisotopic (exact) mass is 214 g/mol. The zero-order valence-corrected chi connectivity index (χ0v) is 9.47. The van der Waals surface area contributed by atoms with Crippen LogP contribution in [0.1, 0.15) is 24.5 Å². The van der Waals surface area contributed by atoms with E-state index in [1.54, 1.807) is 12.2 Å². The van der Waals surface area contributed by atoms with Crippen molar-refractivity contribution in [2.75, 3.05) is 0 Å². The van der Waals surface area contributed by atoms with Crippen LogP contribution in [0, 0.1) is 0 Å². The maximum atomic E-state index is 9.95. The fourth-order valence-electron chi connectivity index (χ4n) is 1.55. The van der Waals surface area contributed by atoms with Gasteiger partial charge in [-0.15, -0.1) is 0 Å². The Hall–Kier alpha value is -1.60. The van der Waals surface area contributed by atoms with Crippen LogP contribution in [0.3, 0.4) is 0 Å². The third-order valence-electron chi connectivity index (χ3n) is 2.48. The lowest BCUT2D eigenvalue weighted by molar-refractivity contribution is 0.168. The molecule has 1 atom stereocenters. The molecular weight excluding hydrogens is 196 g/mol. The molecule has 1 heteroatoms. The summed E-state index contributed by atoms with van der Waals surface area (Å²) in [6, 6.07) is 9.70. The minimum Gasteiger partial charge on any atom is -0.388 e. The molecule has 16 heavy (non-hydrogen) atoms. The van der Waals surface area contributed by atoms with E-state index in [9.17, 15) is 5.11 Å². The Bertz CT molecular complexity index is 362. The van der Waals surface area contributed by atoms with Gasteiger partial charge in [0, 0.05) is 0 Å². The molecule has 0 aliphatic carbocycles. The lowest BCUT2D eigenvalue weighted by atomic mass is 10.0. The minimum absolute atomic E-state index is 0.408. The molecule has 1 aromatic carbocycles. The average molecular weight is 214 g/mol. The first kappa shape index (κ1) is 12.5. The molecule has 0 aliphatic rings. The van der Waals surface area contributed by atoms with Crippen molar-refractivity contribution in [3.8, 4) is 0 Å². The van der Waals surface area contributed by atoms with Crippen LogP contribution in [0.25, 0.3) is 0 Å². The number of aliphatic hydroxyl groups excluding tert-OH is 1. The molecule has 1 N–H and O–H groups in total. The third kappa shape index (κ3) is 3.87. The maximum absolute atomic E-state index is 9.95. The highest BCUT2D eigenvalue weighted by Crippen LogP contribution is 2.20. The van der Waals surface area contributed by atoms with Crippen molar-refractivity contribution in [2.24, 2.45) is 0 Å². The lowest BCUT2D eigenvalue weighted by Crippen LogP contribution is -1.97. The minimum atomic E-state index is -0.408. The summed E-state index contributed by atoms with van der Waals surface area (Å²) in [4.78, 5) is 0. The smallest absolute Gasteiger partial charge is 0.0793 e. The first-order valence-corrected chi connectivity index (χ1v) is 5.45. The van der Waals surface area contributed by atoms with Gasteiger partial charge in [-0.3, -0.25) is 0 Å². The largest absolute Gasteiger partial charge is 0.388 e. The van der Waals surface area contributed by atoms with Gasteiger partial charge in [0.2, 0.25) is 0 Å². The topological polar surface area (TPSA) is 20.2 Å². The Morgan fingerprint density at radius 1 is 1.25 bits per heavy atom. The summed E-state index contributed by atoms with van der Waals surface area (Å²) in [6.45, 7) is 7.38. The molecule has 0 spiro atoms. The first-order valence-electron chi connectivity index (χ1n) is 5.45. The summed E-state index contributed by atoms with van der Waals surface area (Å²) < 4.78 is 0. The number of hydrogen-bond acceptors (Lipinski definition) is 1. The van der Waals surface area contributed by atoms with Crippen molar-refractivity contribution in [3.05, 3.63) is 72.9 Å². The highest BCUT2D eigenvalue weighted by Gasteiger charge is 2.06. The number of benzene rings is 1. The quantitative estimate of drug-likeness (QED) is 0.714. The average Bonchev–Trinajstić information content (AvgIpc) is 2.35. The molecule has 84 valence electrons. The first-order chi connectivity index (χ1) is 7.77. The number of allylic oxidation sites excluding steroid dienone is 4. The molecule has 0 fully saturated rings. The Balaban J connectivity index is 2.53. The zero-order chi connectivity index (χ0) is 11.8. The Kier molecular flexibility index (Phi) is 5.30. The van der Waals surface area contributed by atoms with Crippen molar-refractivity contribution in [1.82, 2.24) is 0 Å². The predicted molar refractivity (Wildman–Crippen MR) is 69.1 cm³/mol. The van der Waals surface area contributed by atoms with Crippen LogP contribution in [0.4, 0.5) is 0 Å². The molecule has 1 nitrogen and oxygen atoms in total. The van der Waals surface area contributed by atoms with Crippen LogP contribution in [0.15, 0.2) is 67.3 Å².